The molecule has 0 spiro atoms. The Morgan fingerprint density at radius 1 is 1.14 bits per heavy atom. The number of anilines is 1. The molecule has 0 aliphatic carbocycles. The van der Waals surface area contributed by atoms with Crippen LogP contribution >= 0.6 is 0 Å². The van der Waals surface area contributed by atoms with Crippen LogP contribution in [0.15, 0.2) is 36.5 Å². The van der Waals surface area contributed by atoms with Crippen LogP contribution in [-0.2, 0) is 0 Å². The summed E-state index contributed by atoms with van der Waals surface area (Å²) in [6, 6.07) is 10.1. The first-order valence-electron chi connectivity index (χ1n) is 7.24. The molecule has 0 saturated heterocycles. The van der Waals surface area contributed by atoms with Gasteiger partial charge in [0.25, 0.3) is 0 Å². The number of benzene rings is 2. The van der Waals surface area contributed by atoms with Crippen LogP contribution < -0.4 is 5.73 Å². The number of phenols is 1. The van der Waals surface area contributed by atoms with E-state index in [0.717, 1.165) is 27.7 Å². The van der Waals surface area contributed by atoms with Crippen molar-refractivity contribution in [2.24, 2.45) is 0 Å². The lowest BCUT2D eigenvalue weighted by molar-refractivity contribution is 0.483. The number of phenolic OH excluding ortho intramolecular Hbond substituents is 1. The van der Waals surface area contributed by atoms with Gasteiger partial charge in [0, 0.05) is 28.0 Å². The number of aryl methyl sites for hydroxylation is 2. The lowest BCUT2D eigenvalue weighted by Crippen LogP contribution is -1.91. The second kappa shape index (κ2) is 4.31. The number of hydrogen-bond donors (Lipinski definition) is 4. The minimum Gasteiger partial charge on any atom is -0.504 e. The van der Waals surface area contributed by atoms with Gasteiger partial charge in [-0.2, -0.15) is 0 Å². The maximum Gasteiger partial charge on any atom is 0.162 e. The SMILES string of the molecule is Cc1c(-c2cc(N)c(O)c3[nH]cc(C)c23)[nH]c2ccccc12. The normalized spacial score (nSPS) is 11.5. The molecule has 110 valence electrons. The predicted molar refractivity (Wildman–Crippen MR) is 91.1 cm³/mol. The molecule has 22 heavy (non-hydrogen) atoms. The van der Waals surface area contributed by atoms with Crippen molar-refractivity contribution in [3.63, 3.8) is 0 Å². The standard InChI is InChI=1S/C18H17N3O/c1-9-8-20-17-15(9)12(7-13(19)18(17)22)16-10(2)11-5-3-4-6-14(11)21-16/h3-8,20-22H,19H2,1-2H3. The van der Waals surface area contributed by atoms with Crippen LogP contribution in [0.3, 0.4) is 0 Å². The van der Waals surface area contributed by atoms with Crippen LogP contribution in [0.4, 0.5) is 5.69 Å². The number of fused-ring (bicyclic) bond motifs is 2. The van der Waals surface area contributed by atoms with Gasteiger partial charge in [0.15, 0.2) is 5.75 Å². The molecule has 0 atom stereocenters. The second-order valence-corrected chi connectivity index (χ2v) is 5.75. The third kappa shape index (κ3) is 1.58. The molecule has 0 aliphatic heterocycles. The van der Waals surface area contributed by atoms with E-state index in [1.807, 2.05) is 31.3 Å². The predicted octanol–water partition coefficient (Wildman–Crippen LogP) is 4.22. The molecule has 0 unspecified atom stereocenters. The number of rotatable bonds is 1. The molecule has 4 nitrogen and oxygen atoms in total. The van der Waals surface area contributed by atoms with Crippen LogP contribution in [0.2, 0.25) is 0 Å². The molecule has 0 saturated carbocycles. The molecule has 0 amide bonds. The van der Waals surface area contributed by atoms with E-state index in [-0.39, 0.29) is 5.75 Å². The summed E-state index contributed by atoms with van der Waals surface area (Å²) in [7, 11) is 0. The van der Waals surface area contributed by atoms with E-state index in [1.54, 1.807) is 0 Å². The molecular formula is C18H17N3O. The van der Waals surface area contributed by atoms with E-state index < -0.39 is 0 Å². The smallest absolute Gasteiger partial charge is 0.162 e. The first-order chi connectivity index (χ1) is 10.6. The van der Waals surface area contributed by atoms with Gasteiger partial charge in [-0.3, -0.25) is 0 Å². The number of H-pyrrole nitrogens is 2. The lowest BCUT2D eigenvalue weighted by atomic mass is 9.99. The van der Waals surface area contributed by atoms with E-state index in [2.05, 4.69) is 29.0 Å². The van der Waals surface area contributed by atoms with E-state index >= 15 is 0 Å². The van der Waals surface area contributed by atoms with E-state index in [1.165, 1.54) is 10.9 Å². The zero-order chi connectivity index (χ0) is 15.4. The number of aromatic amines is 2. The van der Waals surface area contributed by atoms with Gasteiger partial charge in [-0.15, -0.1) is 0 Å². The molecule has 2 aromatic heterocycles. The molecule has 0 bridgehead atoms. The Kier molecular flexibility index (Phi) is 2.51. The van der Waals surface area contributed by atoms with Gasteiger partial charge in [0.05, 0.1) is 16.9 Å². The molecule has 4 rings (SSSR count). The van der Waals surface area contributed by atoms with E-state index in [0.29, 0.717) is 11.2 Å². The third-order valence-corrected chi connectivity index (χ3v) is 4.39. The van der Waals surface area contributed by atoms with Crippen LogP contribution in [0.25, 0.3) is 33.1 Å². The van der Waals surface area contributed by atoms with Gasteiger partial charge >= 0.3 is 0 Å². The van der Waals surface area contributed by atoms with Crippen LogP contribution in [0.5, 0.6) is 5.75 Å². The average molecular weight is 291 g/mol. The Hall–Kier alpha value is -2.88. The van der Waals surface area contributed by atoms with Gasteiger partial charge in [-0.05, 0) is 37.1 Å². The van der Waals surface area contributed by atoms with Crippen molar-refractivity contribution in [2.45, 2.75) is 13.8 Å². The molecule has 2 heterocycles. The number of nitrogens with two attached hydrogens (primary N) is 1. The van der Waals surface area contributed by atoms with Crippen molar-refractivity contribution in [2.75, 3.05) is 5.73 Å². The van der Waals surface area contributed by atoms with Crippen molar-refractivity contribution in [3.05, 3.63) is 47.7 Å². The summed E-state index contributed by atoms with van der Waals surface area (Å²) in [4.78, 5) is 6.60. The molecule has 4 aromatic rings. The van der Waals surface area contributed by atoms with Crippen LogP contribution in [0.1, 0.15) is 11.1 Å². The minimum atomic E-state index is 0.112. The van der Waals surface area contributed by atoms with Gasteiger partial charge in [0.2, 0.25) is 0 Å². The summed E-state index contributed by atoms with van der Waals surface area (Å²) in [6.07, 6.45) is 1.89. The van der Waals surface area contributed by atoms with E-state index in [4.69, 9.17) is 5.73 Å². The van der Waals surface area contributed by atoms with Gasteiger partial charge in [-0.25, -0.2) is 0 Å². The summed E-state index contributed by atoms with van der Waals surface area (Å²) < 4.78 is 0. The highest BCUT2D eigenvalue weighted by atomic mass is 16.3. The maximum atomic E-state index is 10.2. The number of hydrogen-bond acceptors (Lipinski definition) is 2. The molecule has 4 heteroatoms. The summed E-state index contributed by atoms with van der Waals surface area (Å²) >= 11 is 0. The Labute approximate surface area is 127 Å². The highest BCUT2D eigenvalue weighted by molar-refractivity contribution is 6.05. The Bertz CT molecular complexity index is 1020. The molecule has 0 radical (unpaired) electrons. The lowest BCUT2D eigenvalue weighted by Gasteiger charge is -2.09. The van der Waals surface area contributed by atoms with Crippen molar-refractivity contribution in [3.8, 4) is 17.0 Å². The Balaban J connectivity index is 2.14. The maximum absolute atomic E-state index is 10.2. The fraction of sp³-hybridized carbons (Fsp3) is 0.111. The van der Waals surface area contributed by atoms with Crippen molar-refractivity contribution in [1.82, 2.24) is 9.97 Å². The van der Waals surface area contributed by atoms with Gasteiger partial charge in [-0.1, -0.05) is 18.2 Å². The molecular weight excluding hydrogens is 274 g/mol. The number of nitrogens with one attached hydrogen (secondary N) is 2. The fourth-order valence-corrected chi connectivity index (χ4v) is 3.24. The molecule has 0 aliphatic rings. The second-order valence-electron chi connectivity index (χ2n) is 5.75. The highest BCUT2D eigenvalue weighted by Gasteiger charge is 2.18. The first kappa shape index (κ1) is 12.8. The van der Waals surface area contributed by atoms with Crippen molar-refractivity contribution < 1.29 is 5.11 Å². The van der Waals surface area contributed by atoms with Gasteiger partial charge < -0.3 is 20.8 Å². The largest absolute Gasteiger partial charge is 0.504 e. The quantitative estimate of drug-likeness (QED) is 0.313. The summed E-state index contributed by atoms with van der Waals surface area (Å²) in [5.74, 6) is 0.112. The Morgan fingerprint density at radius 3 is 2.68 bits per heavy atom. The Morgan fingerprint density at radius 2 is 1.91 bits per heavy atom. The monoisotopic (exact) mass is 291 g/mol. The zero-order valence-corrected chi connectivity index (χ0v) is 12.5. The van der Waals surface area contributed by atoms with E-state index in [9.17, 15) is 5.11 Å². The van der Waals surface area contributed by atoms with Crippen LogP contribution in [-0.4, -0.2) is 15.1 Å². The minimum absolute atomic E-state index is 0.112. The van der Waals surface area contributed by atoms with Crippen molar-refractivity contribution >= 4 is 27.5 Å². The number of aromatic hydroxyl groups is 1. The van der Waals surface area contributed by atoms with Crippen LogP contribution in [0, 0.1) is 13.8 Å². The highest BCUT2D eigenvalue weighted by Crippen LogP contribution is 2.41. The number of nitrogen functional groups attached to an aromatic ring is 1. The van der Waals surface area contributed by atoms with Gasteiger partial charge in [0.1, 0.15) is 0 Å². The van der Waals surface area contributed by atoms with Crippen molar-refractivity contribution in [1.29, 1.82) is 0 Å². The first-order valence-corrected chi connectivity index (χ1v) is 7.24. The summed E-state index contributed by atoms with van der Waals surface area (Å²) in [5, 5.41) is 12.4. The fourth-order valence-electron chi connectivity index (χ4n) is 3.24. The number of aromatic nitrogens is 2. The summed E-state index contributed by atoms with van der Waals surface area (Å²) in [6.45, 7) is 4.13. The third-order valence-electron chi connectivity index (χ3n) is 4.39. The number of para-hydroxylation sites is 1. The molecule has 5 N–H and O–H groups in total. The topological polar surface area (TPSA) is 77.8 Å². The molecule has 2 aromatic carbocycles. The molecule has 0 fully saturated rings. The average Bonchev–Trinajstić information content (AvgIpc) is 3.05. The zero-order valence-electron chi connectivity index (χ0n) is 12.5. The summed E-state index contributed by atoms with van der Waals surface area (Å²) in [5.41, 5.74) is 12.5.